The van der Waals surface area contributed by atoms with Crippen molar-refractivity contribution in [1.82, 2.24) is 25.2 Å². The molecular weight excluding hydrogens is 416 g/mol. The summed E-state index contributed by atoms with van der Waals surface area (Å²) in [5.74, 6) is 2.63. The molecular formula is C24H32N8O. The van der Waals surface area contributed by atoms with Gasteiger partial charge in [-0.25, -0.2) is 9.97 Å². The highest BCUT2D eigenvalue weighted by Gasteiger charge is 2.55. The number of piperazine rings is 1. The first-order chi connectivity index (χ1) is 16.1. The van der Waals surface area contributed by atoms with Crippen LogP contribution in [-0.4, -0.2) is 77.1 Å². The Morgan fingerprint density at radius 2 is 1.91 bits per heavy atom. The summed E-state index contributed by atoms with van der Waals surface area (Å²) in [5.41, 5.74) is 1.45. The van der Waals surface area contributed by atoms with Gasteiger partial charge in [-0.05, 0) is 38.4 Å². The fraction of sp³-hybridized carbons (Fsp3) is 0.583. The van der Waals surface area contributed by atoms with Gasteiger partial charge >= 0.3 is 0 Å². The van der Waals surface area contributed by atoms with Crippen LogP contribution in [0.15, 0.2) is 24.5 Å². The van der Waals surface area contributed by atoms with Crippen LogP contribution in [0.5, 0.6) is 0 Å². The van der Waals surface area contributed by atoms with Gasteiger partial charge in [-0.3, -0.25) is 4.79 Å². The van der Waals surface area contributed by atoms with Gasteiger partial charge in [0, 0.05) is 56.9 Å². The van der Waals surface area contributed by atoms with Crippen molar-refractivity contribution in [2.45, 2.75) is 50.1 Å². The van der Waals surface area contributed by atoms with E-state index in [0.29, 0.717) is 18.4 Å². The summed E-state index contributed by atoms with van der Waals surface area (Å²) in [6, 6.07) is 4.48. The average Bonchev–Trinajstić information content (AvgIpc) is 3.55. The van der Waals surface area contributed by atoms with Crippen LogP contribution in [0.4, 0.5) is 23.3 Å². The van der Waals surface area contributed by atoms with Crippen molar-refractivity contribution >= 4 is 29.2 Å². The molecule has 5 heterocycles. The summed E-state index contributed by atoms with van der Waals surface area (Å²) in [5, 5.41) is 6.40. The van der Waals surface area contributed by atoms with Crippen LogP contribution in [0.1, 0.15) is 37.7 Å². The van der Waals surface area contributed by atoms with Gasteiger partial charge in [-0.2, -0.15) is 4.98 Å². The third-order valence-corrected chi connectivity index (χ3v) is 7.78. The minimum atomic E-state index is -0.490. The van der Waals surface area contributed by atoms with Gasteiger partial charge in [-0.15, -0.1) is 0 Å². The predicted octanol–water partition coefficient (Wildman–Crippen LogP) is 1.93. The molecule has 2 aromatic rings. The normalized spacial score (nSPS) is 25.7. The van der Waals surface area contributed by atoms with Crippen molar-refractivity contribution in [2.24, 2.45) is 0 Å². The second-order valence-electron chi connectivity index (χ2n) is 9.89. The van der Waals surface area contributed by atoms with Crippen LogP contribution in [0.25, 0.3) is 0 Å². The Bertz CT molecular complexity index is 1030. The Balaban J connectivity index is 1.23. The number of pyridine rings is 1. The predicted molar refractivity (Wildman–Crippen MR) is 128 cm³/mol. The molecule has 9 heteroatoms. The van der Waals surface area contributed by atoms with Crippen LogP contribution in [-0.2, 0) is 11.2 Å². The Kier molecular flexibility index (Phi) is 5.09. The molecule has 1 saturated carbocycles. The van der Waals surface area contributed by atoms with E-state index in [4.69, 9.17) is 4.98 Å². The van der Waals surface area contributed by atoms with Crippen LogP contribution < -0.4 is 20.4 Å². The van der Waals surface area contributed by atoms with Crippen molar-refractivity contribution in [3.05, 3.63) is 30.1 Å². The fourth-order valence-corrected chi connectivity index (χ4v) is 5.95. The molecule has 4 aliphatic rings. The van der Waals surface area contributed by atoms with Crippen LogP contribution in [0, 0.1) is 0 Å². The van der Waals surface area contributed by atoms with Gasteiger partial charge in [0.25, 0.3) is 0 Å². The van der Waals surface area contributed by atoms with E-state index < -0.39 is 5.54 Å². The summed E-state index contributed by atoms with van der Waals surface area (Å²) in [6.07, 6.45) is 9.97. The quantitative estimate of drug-likeness (QED) is 0.734. The molecule has 6 rings (SSSR count). The third kappa shape index (κ3) is 3.58. The molecule has 9 nitrogen and oxygen atoms in total. The lowest BCUT2D eigenvalue weighted by Crippen LogP contribution is -2.56. The lowest BCUT2D eigenvalue weighted by molar-refractivity contribution is -0.123. The Labute approximate surface area is 194 Å². The molecule has 2 saturated heterocycles. The molecule has 1 amide bonds. The van der Waals surface area contributed by atoms with E-state index in [-0.39, 0.29) is 5.91 Å². The van der Waals surface area contributed by atoms with Crippen molar-refractivity contribution in [3.8, 4) is 0 Å². The molecule has 2 aromatic heterocycles. The van der Waals surface area contributed by atoms with Crippen molar-refractivity contribution < 1.29 is 4.79 Å². The lowest BCUT2D eigenvalue weighted by atomic mass is 9.91. The molecule has 0 radical (unpaired) electrons. The highest BCUT2D eigenvalue weighted by atomic mass is 16.2. The number of rotatable bonds is 4. The number of nitrogens with one attached hydrogen (secondary N) is 2. The monoisotopic (exact) mass is 448 g/mol. The number of amides is 1. The van der Waals surface area contributed by atoms with Gasteiger partial charge < -0.3 is 25.3 Å². The van der Waals surface area contributed by atoms with Gasteiger partial charge in [0.2, 0.25) is 11.9 Å². The Morgan fingerprint density at radius 1 is 1.09 bits per heavy atom. The zero-order chi connectivity index (χ0) is 22.4. The fourth-order valence-electron chi connectivity index (χ4n) is 5.95. The number of aromatic nitrogens is 3. The molecule has 2 N–H and O–H groups in total. The maximum absolute atomic E-state index is 13.0. The lowest BCUT2D eigenvalue weighted by Gasteiger charge is -2.38. The molecule has 3 fully saturated rings. The number of nitrogens with zero attached hydrogens (tertiary/aromatic N) is 6. The van der Waals surface area contributed by atoms with Crippen LogP contribution in [0.2, 0.25) is 0 Å². The van der Waals surface area contributed by atoms with Crippen molar-refractivity contribution in [3.63, 3.8) is 0 Å². The van der Waals surface area contributed by atoms with E-state index in [1.54, 1.807) is 0 Å². The van der Waals surface area contributed by atoms with Crippen molar-refractivity contribution in [1.29, 1.82) is 0 Å². The molecule has 33 heavy (non-hydrogen) atoms. The third-order valence-electron chi connectivity index (χ3n) is 7.78. The molecule has 0 aromatic carbocycles. The summed E-state index contributed by atoms with van der Waals surface area (Å²) >= 11 is 0. The van der Waals surface area contributed by atoms with E-state index in [9.17, 15) is 4.79 Å². The largest absolute Gasteiger partial charge is 0.354 e. The maximum atomic E-state index is 13.0. The van der Waals surface area contributed by atoms with E-state index in [1.165, 1.54) is 12.8 Å². The molecule has 1 spiro atoms. The van der Waals surface area contributed by atoms with Gasteiger partial charge in [0.05, 0.1) is 11.9 Å². The average molecular weight is 449 g/mol. The van der Waals surface area contributed by atoms with Crippen molar-refractivity contribution in [2.75, 3.05) is 54.9 Å². The minimum absolute atomic E-state index is 0.144. The first-order valence-corrected chi connectivity index (χ1v) is 12.2. The topological polar surface area (TPSA) is 89.5 Å². The second kappa shape index (κ2) is 8.13. The number of hydrogen-bond donors (Lipinski definition) is 2. The van der Waals surface area contributed by atoms with Gasteiger partial charge in [-0.1, -0.05) is 12.8 Å². The maximum Gasteiger partial charge on any atom is 0.246 e. The number of carbonyl (C=O) groups excluding carboxylic acids is 1. The molecule has 3 aliphatic heterocycles. The van der Waals surface area contributed by atoms with E-state index >= 15 is 0 Å². The molecule has 174 valence electrons. The second-order valence-corrected chi connectivity index (χ2v) is 9.89. The molecule has 1 atom stereocenters. The van der Waals surface area contributed by atoms with E-state index in [2.05, 4.69) is 48.4 Å². The van der Waals surface area contributed by atoms with E-state index in [0.717, 1.165) is 74.9 Å². The molecule has 0 unspecified atom stereocenters. The minimum Gasteiger partial charge on any atom is -0.354 e. The standard InChI is InChI=1S/C24H32N8O/c1-30-10-12-31(13-11-30)20-7-6-18(16-26-20)28-23-27-15-17-14-24(8-9-25-22(24)33)32(21(17)29-23)19-4-2-3-5-19/h6-7,15-16,19H,2-5,8-14H2,1H3,(H,25,33)(H,27,28,29)/t24-/m1/s1. The first kappa shape index (κ1) is 20.7. The number of anilines is 4. The highest BCUT2D eigenvalue weighted by Crippen LogP contribution is 2.46. The van der Waals surface area contributed by atoms with Gasteiger partial charge in [0.1, 0.15) is 17.2 Å². The number of fused-ring (bicyclic) bond motifs is 1. The number of carbonyl (C=O) groups is 1. The van der Waals surface area contributed by atoms with E-state index in [1.807, 2.05) is 18.5 Å². The summed E-state index contributed by atoms with van der Waals surface area (Å²) in [4.78, 5) is 34.1. The first-order valence-electron chi connectivity index (χ1n) is 12.2. The van der Waals surface area contributed by atoms with Gasteiger partial charge in [0.15, 0.2) is 0 Å². The molecule has 0 bridgehead atoms. The Hall–Kier alpha value is -2.94. The summed E-state index contributed by atoms with van der Waals surface area (Å²) in [7, 11) is 2.16. The highest BCUT2D eigenvalue weighted by molar-refractivity contribution is 5.94. The number of hydrogen-bond acceptors (Lipinski definition) is 8. The molecule has 1 aliphatic carbocycles. The SMILES string of the molecule is CN1CCN(c2ccc(Nc3ncc4c(n3)N(C3CCCC3)[C@]3(CCNC3=O)C4)cn2)CC1. The van der Waals surface area contributed by atoms with Crippen LogP contribution in [0.3, 0.4) is 0 Å². The smallest absolute Gasteiger partial charge is 0.246 e. The van der Waals surface area contributed by atoms with Crippen LogP contribution >= 0.6 is 0 Å². The summed E-state index contributed by atoms with van der Waals surface area (Å²) in [6.45, 7) is 4.84. The summed E-state index contributed by atoms with van der Waals surface area (Å²) < 4.78 is 0. The zero-order valence-corrected chi connectivity index (χ0v) is 19.3. The zero-order valence-electron chi connectivity index (χ0n) is 19.3. The number of likely N-dealkylation sites (N-methyl/N-ethyl adjacent to an activating group) is 1. The Morgan fingerprint density at radius 3 is 2.61 bits per heavy atom.